The zero-order valence-electron chi connectivity index (χ0n) is 20.2. The van der Waals surface area contributed by atoms with Crippen LogP contribution >= 0.6 is 11.6 Å². The number of carbonyl (C=O) groups excluding carboxylic acids is 1. The first-order valence-corrected chi connectivity index (χ1v) is 12.0. The van der Waals surface area contributed by atoms with E-state index in [1.807, 2.05) is 43.4 Å². The quantitative estimate of drug-likeness (QED) is 0.535. The van der Waals surface area contributed by atoms with Gasteiger partial charge in [-0.3, -0.25) is 4.79 Å². The smallest absolute Gasteiger partial charge is 0.157 e. The minimum absolute atomic E-state index is 0.259. The van der Waals surface area contributed by atoms with E-state index in [1.54, 1.807) is 6.07 Å². The zero-order chi connectivity index (χ0) is 23.7. The maximum absolute atomic E-state index is 12.2. The van der Waals surface area contributed by atoms with Crippen molar-refractivity contribution in [1.82, 2.24) is 10.2 Å². The number of rotatable bonds is 7. The number of ketones is 1. The average Bonchev–Trinajstić information content (AvgIpc) is 2.75. The van der Waals surface area contributed by atoms with E-state index in [9.17, 15) is 9.90 Å². The topological polar surface area (TPSA) is 52.6 Å². The molecule has 0 bridgehead atoms. The summed E-state index contributed by atoms with van der Waals surface area (Å²) in [6.45, 7) is 5.56. The SMILES string of the molecule is CC[C@@H](c1cccc(O)c1)[C@@H](C)CN(C)C.CNC1(c2ccccc2Cl)CCCCC1=O. The van der Waals surface area contributed by atoms with Crippen LogP contribution in [0.2, 0.25) is 5.02 Å². The second kappa shape index (κ2) is 12.4. The molecule has 1 unspecified atom stereocenters. The van der Waals surface area contributed by atoms with Gasteiger partial charge in [0.05, 0.1) is 0 Å². The highest BCUT2D eigenvalue weighted by Gasteiger charge is 2.41. The molecule has 0 radical (unpaired) electrons. The van der Waals surface area contributed by atoms with E-state index in [-0.39, 0.29) is 5.78 Å². The van der Waals surface area contributed by atoms with Gasteiger partial charge in [-0.25, -0.2) is 0 Å². The van der Waals surface area contributed by atoms with Crippen molar-refractivity contribution in [2.45, 2.75) is 57.4 Å². The maximum Gasteiger partial charge on any atom is 0.157 e. The van der Waals surface area contributed by atoms with Crippen molar-refractivity contribution in [3.63, 3.8) is 0 Å². The van der Waals surface area contributed by atoms with Crippen LogP contribution < -0.4 is 5.32 Å². The summed E-state index contributed by atoms with van der Waals surface area (Å²) >= 11 is 6.20. The van der Waals surface area contributed by atoms with Gasteiger partial charge in [0.25, 0.3) is 0 Å². The summed E-state index contributed by atoms with van der Waals surface area (Å²) < 4.78 is 0. The number of nitrogens with zero attached hydrogens (tertiary/aromatic N) is 1. The third-order valence-corrected chi connectivity index (χ3v) is 6.85. The lowest BCUT2D eigenvalue weighted by Gasteiger charge is -2.36. The zero-order valence-corrected chi connectivity index (χ0v) is 21.0. The van der Waals surface area contributed by atoms with Crippen molar-refractivity contribution in [2.75, 3.05) is 27.7 Å². The van der Waals surface area contributed by atoms with Crippen LogP contribution in [0, 0.1) is 5.92 Å². The van der Waals surface area contributed by atoms with Crippen LogP contribution in [0.3, 0.4) is 0 Å². The van der Waals surface area contributed by atoms with Gasteiger partial charge in [-0.2, -0.15) is 0 Å². The van der Waals surface area contributed by atoms with Gasteiger partial charge in [0.1, 0.15) is 11.3 Å². The number of Topliss-reactive ketones (excluding diaryl/α,β-unsaturated/α-hetero) is 1. The Kier molecular flexibility index (Phi) is 10.2. The number of phenolic OH excluding ortho intramolecular Hbond substituents is 1. The average molecular weight is 459 g/mol. The predicted molar refractivity (Wildman–Crippen MR) is 135 cm³/mol. The minimum atomic E-state index is -0.559. The van der Waals surface area contributed by atoms with Gasteiger partial charge < -0.3 is 15.3 Å². The van der Waals surface area contributed by atoms with E-state index >= 15 is 0 Å². The van der Waals surface area contributed by atoms with Gasteiger partial charge >= 0.3 is 0 Å². The van der Waals surface area contributed by atoms with Crippen molar-refractivity contribution in [3.05, 3.63) is 64.7 Å². The molecule has 32 heavy (non-hydrogen) atoms. The molecule has 0 saturated heterocycles. The van der Waals surface area contributed by atoms with Gasteiger partial charge in [0.2, 0.25) is 0 Å². The summed E-state index contributed by atoms with van der Waals surface area (Å²) in [4.78, 5) is 14.4. The van der Waals surface area contributed by atoms with E-state index in [0.29, 0.717) is 29.0 Å². The maximum atomic E-state index is 12.2. The van der Waals surface area contributed by atoms with Crippen molar-refractivity contribution in [3.8, 4) is 5.75 Å². The lowest BCUT2D eigenvalue weighted by Crippen LogP contribution is -2.49. The Morgan fingerprint density at radius 3 is 2.44 bits per heavy atom. The van der Waals surface area contributed by atoms with Gasteiger partial charge in [-0.15, -0.1) is 0 Å². The van der Waals surface area contributed by atoms with Crippen molar-refractivity contribution >= 4 is 17.4 Å². The second-order valence-corrected chi connectivity index (χ2v) is 9.52. The van der Waals surface area contributed by atoms with Gasteiger partial charge in [-0.05, 0) is 81.6 Å². The van der Waals surface area contributed by atoms with Crippen LogP contribution in [0.5, 0.6) is 5.75 Å². The molecular formula is C27H39ClN2O2. The Morgan fingerprint density at radius 2 is 1.88 bits per heavy atom. The molecule has 0 aliphatic heterocycles. The van der Waals surface area contributed by atoms with Crippen LogP contribution in [0.4, 0.5) is 0 Å². The number of hydrogen-bond acceptors (Lipinski definition) is 4. The number of hydrogen-bond donors (Lipinski definition) is 2. The van der Waals surface area contributed by atoms with Crippen LogP contribution in [-0.4, -0.2) is 43.5 Å². The van der Waals surface area contributed by atoms with Crippen LogP contribution in [0.15, 0.2) is 48.5 Å². The minimum Gasteiger partial charge on any atom is -0.508 e. The molecule has 4 nitrogen and oxygen atoms in total. The highest BCUT2D eigenvalue weighted by molar-refractivity contribution is 6.31. The molecule has 0 amide bonds. The molecule has 1 saturated carbocycles. The first-order valence-electron chi connectivity index (χ1n) is 11.7. The summed E-state index contributed by atoms with van der Waals surface area (Å²) in [7, 11) is 6.05. The van der Waals surface area contributed by atoms with Crippen LogP contribution in [0.25, 0.3) is 0 Å². The Hall–Kier alpha value is -1.88. The fourth-order valence-electron chi connectivity index (χ4n) is 4.95. The highest BCUT2D eigenvalue weighted by atomic mass is 35.5. The molecule has 2 aromatic rings. The number of aromatic hydroxyl groups is 1. The number of nitrogens with one attached hydrogen (secondary N) is 1. The Balaban J connectivity index is 0.000000227. The fourth-order valence-corrected chi connectivity index (χ4v) is 5.24. The second-order valence-electron chi connectivity index (χ2n) is 9.11. The normalized spacial score (nSPS) is 20.4. The van der Waals surface area contributed by atoms with Gasteiger partial charge in [0, 0.05) is 18.0 Å². The molecule has 1 fully saturated rings. The van der Waals surface area contributed by atoms with Gasteiger partial charge in [-0.1, -0.05) is 62.2 Å². The molecule has 3 rings (SSSR count). The third kappa shape index (κ3) is 6.57. The first kappa shape index (κ1) is 26.4. The lowest BCUT2D eigenvalue weighted by molar-refractivity contribution is -0.127. The predicted octanol–water partition coefficient (Wildman–Crippen LogP) is 5.98. The van der Waals surface area contributed by atoms with E-state index in [4.69, 9.17) is 11.6 Å². The van der Waals surface area contributed by atoms with Crippen molar-refractivity contribution in [1.29, 1.82) is 0 Å². The van der Waals surface area contributed by atoms with Crippen LogP contribution in [-0.2, 0) is 10.3 Å². The summed E-state index contributed by atoms with van der Waals surface area (Å²) in [5.41, 5.74) is 1.61. The number of carbonyl (C=O) groups is 1. The standard InChI is InChI=1S/C14H23NO.C13H16ClNO/c1-5-14(11(2)10-15(3)4)12-7-6-8-13(16)9-12;1-15-13(9-5-4-8-12(13)16)10-6-2-3-7-11(10)14/h6-9,11,14,16H,5,10H2,1-4H3;2-3,6-7,15H,4-5,8-9H2,1H3/t11-,14+;/m0./s1. The van der Waals surface area contributed by atoms with Crippen molar-refractivity contribution in [2.24, 2.45) is 5.92 Å². The fraction of sp³-hybridized carbons (Fsp3) is 0.519. The first-order chi connectivity index (χ1) is 15.2. The summed E-state index contributed by atoms with van der Waals surface area (Å²) in [5.74, 6) is 1.75. The molecule has 0 aromatic heterocycles. The molecule has 1 aliphatic rings. The Morgan fingerprint density at radius 1 is 1.16 bits per heavy atom. The Labute approximate surface area is 199 Å². The lowest BCUT2D eigenvalue weighted by atomic mass is 9.75. The summed E-state index contributed by atoms with van der Waals surface area (Å²) in [5, 5.41) is 13.4. The van der Waals surface area contributed by atoms with E-state index in [0.717, 1.165) is 37.8 Å². The number of benzene rings is 2. The van der Waals surface area contributed by atoms with Crippen LogP contribution in [0.1, 0.15) is 63.0 Å². The molecule has 0 heterocycles. The number of phenols is 1. The molecule has 176 valence electrons. The molecular weight excluding hydrogens is 420 g/mol. The molecule has 2 N–H and O–H groups in total. The highest BCUT2D eigenvalue weighted by Crippen LogP contribution is 2.37. The summed E-state index contributed by atoms with van der Waals surface area (Å²) in [6, 6.07) is 15.3. The van der Waals surface area contributed by atoms with E-state index in [2.05, 4.69) is 44.2 Å². The van der Waals surface area contributed by atoms with Gasteiger partial charge in [0.15, 0.2) is 5.78 Å². The van der Waals surface area contributed by atoms with E-state index in [1.165, 1.54) is 5.56 Å². The monoisotopic (exact) mass is 458 g/mol. The third-order valence-electron chi connectivity index (χ3n) is 6.52. The molecule has 2 aromatic carbocycles. The Bertz CT molecular complexity index is 870. The molecule has 1 aliphatic carbocycles. The van der Waals surface area contributed by atoms with E-state index < -0.39 is 5.54 Å². The molecule has 0 spiro atoms. The number of likely N-dealkylation sites (N-methyl/N-ethyl adjacent to an activating group) is 1. The van der Waals surface area contributed by atoms with Crippen molar-refractivity contribution < 1.29 is 9.90 Å². The largest absolute Gasteiger partial charge is 0.508 e. The molecule has 5 heteroatoms. The summed E-state index contributed by atoms with van der Waals surface area (Å²) in [6.07, 6.45) is 4.65. The molecule has 3 atom stereocenters. The number of halogens is 1.